The van der Waals surface area contributed by atoms with Crippen molar-refractivity contribution in [2.45, 2.75) is 44.6 Å². The van der Waals surface area contributed by atoms with Crippen LogP contribution >= 0.6 is 11.8 Å². The minimum Gasteiger partial charge on any atom is -0.497 e. The van der Waals surface area contributed by atoms with Crippen LogP contribution in [0.15, 0.2) is 71.9 Å². The summed E-state index contributed by atoms with van der Waals surface area (Å²) in [6.45, 7) is 4.09. The van der Waals surface area contributed by atoms with Crippen LogP contribution in [0.5, 0.6) is 5.75 Å². The van der Waals surface area contributed by atoms with Crippen molar-refractivity contribution >= 4 is 29.3 Å². The summed E-state index contributed by atoms with van der Waals surface area (Å²) < 4.78 is 47.1. The minimum atomic E-state index is -4.61. The number of nitrogens with one attached hydrogen (secondary N) is 2. The lowest BCUT2D eigenvalue weighted by molar-refractivity contribution is -0.137. The molecule has 4 rings (SSSR count). The Balaban J connectivity index is 1.60. The molecule has 2 amide bonds. The molecule has 0 aliphatic rings. The highest BCUT2D eigenvalue weighted by molar-refractivity contribution is 7.99. The highest BCUT2D eigenvalue weighted by atomic mass is 32.2. The molecule has 0 unspecified atom stereocenters. The summed E-state index contributed by atoms with van der Waals surface area (Å²) in [6, 6.07) is 17.4. The van der Waals surface area contributed by atoms with Crippen molar-refractivity contribution in [3.63, 3.8) is 0 Å². The number of ether oxygens (including phenoxy) is 1. The topological polar surface area (TPSA) is 98.1 Å². The number of amides is 2. The van der Waals surface area contributed by atoms with Crippen molar-refractivity contribution in [1.29, 1.82) is 0 Å². The van der Waals surface area contributed by atoms with E-state index >= 15 is 0 Å². The fourth-order valence-corrected chi connectivity index (χ4v) is 5.15. The molecule has 0 saturated carbocycles. The van der Waals surface area contributed by atoms with Crippen LogP contribution in [0.3, 0.4) is 0 Å². The predicted octanol–water partition coefficient (Wildman–Crippen LogP) is 6.08. The number of carbonyl (C=O) groups is 2. The van der Waals surface area contributed by atoms with Gasteiger partial charge in [-0.15, -0.1) is 10.2 Å². The summed E-state index contributed by atoms with van der Waals surface area (Å²) in [7, 11) is 1.54. The molecule has 0 bridgehead atoms. The maximum atomic E-state index is 13.4. The normalized spacial score (nSPS) is 11.3. The third-order valence-electron chi connectivity index (χ3n) is 6.49. The molecule has 1 aromatic heterocycles. The van der Waals surface area contributed by atoms with Crippen molar-refractivity contribution in [1.82, 2.24) is 20.1 Å². The summed E-state index contributed by atoms with van der Waals surface area (Å²) in [5, 5.41) is 14.2. The van der Waals surface area contributed by atoms with Gasteiger partial charge in [0.25, 0.3) is 5.91 Å². The molecule has 0 radical (unpaired) electrons. The highest BCUT2D eigenvalue weighted by Crippen LogP contribution is 2.35. The lowest BCUT2D eigenvalue weighted by Crippen LogP contribution is -2.25. The van der Waals surface area contributed by atoms with Gasteiger partial charge in [-0.25, -0.2) is 0 Å². The van der Waals surface area contributed by atoms with Crippen LogP contribution < -0.4 is 15.4 Å². The third-order valence-corrected chi connectivity index (χ3v) is 7.42. The number of aromatic nitrogens is 3. The quantitative estimate of drug-likeness (QED) is 0.204. The van der Waals surface area contributed by atoms with Gasteiger partial charge in [-0.05, 0) is 60.4 Å². The SMILES string of the molecule is CCc1cccc(CC)c1-n1c(CNC(=O)c2ccc(OC)cc2)nnc1SCC(=O)Nc1ccccc1C(F)(F)F. The molecule has 12 heteroatoms. The van der Waals surface area contributed by atoms with Crippen molar-refractivity contribution in [2.75, 3.05) is 18.2 Å². The van der Waals surface area contributed by atoms with Gasteiger partial charge in [0.2, 0.25) is 5.91 Å². The van der Waals surface area contributed by atoms with Gasteiger partial charge in [0.05, 0.1) is 36.3 Å². The average Bonchev–Trinajstić information content (AvgIpc) is 3.40. The summed E-state index contributed by atoms with van der Waals surface area (Å²) in [6.07, 6.45) is -3.20. The molecule has 0 aliphatic heterocycles. The van der Waals surface area contributed by atoms with Crippen LogP contribution in [-0.4, -0.2) is 39.4 Å². The molecule has 0 aliphatic carbocycles. The van der Waals surface area contributed by atoms with E-state index in [0.717, 1.165) is 34.6 Å². The van der Waals surface area contributed by atoms with E-state index in [0.29, 0.717) is 35.1 Å². The molecule has 0 spiro atoms. The second-order valence-electron chi connectivity index (χ2n) is 9.16. The van der Waals surface area contributed by atoms with Gasteiger partial charge in [0.15, 0.2) is 11.0 Å². The van der Waals surface area contributed by atoms with E-state index in [-0.39, 0.29) is 23.9 Å². The first kappa shape index (κ1) is 30.6. The molecule has 3 aromatic carbocycles. The van der Waals surface area contributed by atoms with Crippen LogP contribution in [0.1, 0.15) is 46.7 Å². The summed E-state index contributed by atoms with van der Waals surface area (Å²) >= 11 is 1.05. The zero-order chi connectivity index (χ0) is 30.3. The Morgan fingerprint density at radius 2 is 1.60 bits per heavy atom. The molecule has 1 heterocycles. The zero-order valence-corrected chi connectivity index (χ0v) is 24.1. The smallest absolute Gasteiger partial charge is 0.418 e. The Bertz CT molecular complexity index is 1530. The Morgan fingerprint density at radius 3 is 2.21 bits per heavy atom. The Kier molecular flexibility index (Phi) is 9.89. The maximum Gasteiger partial charge on any atom is 0.418 e. The number of thioether (sulfide) groups is 1. The van der Waals surface area contributed by atoms with E-state index < -0.39 is 17.6 Å². The molecular formula is C30H30F3N5O3S. The number of rotatable bonds is 11. The first-order valence-electron chi connectivity index (χ1n) is 13.2. The van der Waals surface area contributed by atoms with E-state index in [4.69, 9.17) is 4.74 Å². The van der Waals surface area contributed by atoms with Gasteiger partial charge in [0, 0.05) is 5.56 Å². The van der Waals surface area contributed by atoms with Crippen molar-refractivity contribution in [2.24, 2.45) is 0 Å². The van der Waals surface area contributed by atoms with Gasteiger partial charge in [0.1, 0.15) is 5.75 Å². The number of hydrogen-bond donors (Lipinski definition) is 2. The van der Waals surface area contributed by atoms with Crippen LogP contribution in [0, 0.1) is 0 Å². The molecule has 42 heavy (non-hydrogen) atoms. The number of nitrogens with zero attached hydrogens (tertiary/aromatic N) is 3. The third kappa shape index (κ3) is 7.11. The number of halogens is 3. The first-order chi connectivity index (χ1) is 20.2. The van der Waals surface area contributed by atoms with Crippen molar-refractivity contribution in [3.05, 3.63) is 94.8 Å². The number of para-hydroxylation sites is 2. The molecule has 0 fully saturated rings. The molecule has 0 atom stereocenters. The number of carbonyl (C=O) groups excluding carboxylic acids is 2. The molecule has 2 N–H and O–H groups in total. The van der Waals surface area contributed by atoms with Crippen LogP contribution in [0.4, 0.5) is 18.9 Å². The van der Waals surface area contributed by atoms with Gasteiger partial charge in [-0.3, -0.25) is 14.2 Å². The van der Waals surface area contributed by atoms with Gasteiger partial charge >= 0.3 is 6.18 Å². The second-order valence-corrected chi connectivity index (χ2v) is 10.1. The number of benzene rings is 3. The largest absolute Gasteiger partial charge is 0.497 e. The standard InChI is InChI=1S/C30H30F3N5O3S/c1-4-19-9-8-10-20(5-2)27(19)38-25(17-34-28(40)21-13-15-22(41-3)16-14-21)36-37-29(38)42-18-26(39)35-24-12-7-6-11-23(24)30(31,32)33/h6-16H,4-5,17-18H2,1-3H3,(H,34,40)(H,35,39). The first-order valence-corrected chi connectivity index (χ1v) is 14.2. The van der Waals surface area contributed by atoms with E-state index in [9.17, 15) is 22.8 Å². The second kappa shape index (κ2) is 13.6. The summed E-state index contributed by atoms with van der Waals surface area (Å²) in [4.78, 5) is 25.6. The monoisotopic (exact) mass is 597 g/mol. The van der Waals surface area contributed by atoms with E-state index in [2.05, 4.69) is 20.8 Å². The molecule has 4 aromatic rings. The van der Waals surface area contributed by atoms with Crippen molar-refractivity contribution < 1.29 is 27.5 Å². The Morgan fingerprint density at radius 1 is 0.929 bits per heavy atom. The van der Waals surface area contributed by atoms with Crippen molar-refractivity contribution in [3.8, 4) is 11.4 Å². The highest BCUT2D eigenvalue weighted by Gasteiger charge is 2.33. The zero-order valence-electron chi connectivity index (χ0n) is 23.3. The van der Waals surface area contributed by atoms with E-state index in [1.54, 1.807) is 31.4 Å². The fraction of sp³-hybridized carbons (Fsp3) is 0.267. The predicted molar refractivity (Wildman–Crippen MR) is 155 cm³/mol. The lowest BCUT2D eigenvalue weighted by atomic mass is 10.0. The average molecular weight is 598 g/mol. The van der Waals surface area contributed by atoms with E-state index in [1.165, 1.54) is 18.2 Å². The van der Waals surface area contributed by atoms with Crippen LogP contribution in [0.25, 0.3) is 5.69 Å². The fourth-order valence-electron chi connectivity index (χ4n) is 4.39. The number of alkyl halides is 3. The van der Waals surface area contributed by atoms with Gasteiger partial charge in [-0.1, -0.05) is 55.9 Å². The van der Waals surface area contributed by atoms with Gasteiger partial charge in [-0.2, -0.15) is 13.2 Å². The number of anilines is 1. The maximum absolute atomic E-state index is 13.4. The van der Waals surface area contributed by atoms with E-state index in [1.807, 2.05) is 36.6 Å². The molecule has 8 nitrogen and oxygen atoms in total. The minimum absolute atomic E-state index is 0.0464. The number of aryl methyl sites for hydroxylation is 2. The van der Waals surface area contributed by atoms with Gasteiger partial charge < -0.3 is 15.4 Å². The lowest BCUT2D eigenvalue weighted by Gasteiger charge is -2.18. The number of methoxy groups -OCH3 is 1. The summed E-state index contributed by atoms with van der Waals surface area (Å²) in [5.41, 5.74) is 2.08. The number of hydrogen-bond acceptors (Lipinski definition) is 6. The van der Waals surface area contributed by atoms with Crippen LogP contribution in [0.2, 0.25) is 0 Å². The van der Waals surface area contributed by atoms with Crippen LogP contribution in [-0.2, 0) is 30.4 Å². The molecule has 0 saturated heterocycles. The molecular weight excluding hydrogens is 567 g/mol. The Hall–Kier alpha value is -4.32. The summed E-state index contributed by atoms with van der Waals surface area (Å²) in [5.74, 6) is -0.0817. The Labute approximate surface area is 245 Å². The molecule has 220 valence electrons.